The van der Waals surface area contributed by atoms with Crippen molar-refractivity contribution in [3.05, 3.63) is 12.3 Å². The molecule has 2 nitrogen and oxygen atoms in total. The van der Waals surface area contributed by atoms with Gasteiger partial charge in [-0.25, -0.2) is 0 Å². The number of likely N-dealkylation sites (N-methyl/N-ethyl adjacent to an activating group) is 1. The number of rotatable bonds is 3. The van der Waals surface area contributed by atoms with Gasteiger partial charge in [-0.2, -0.15) is 0 Å². The summed E-state index contributed by atoms with van der Waals surface area (Å²) in [4.78, 5) is 4.06. The van der Waals surface area contributed by atoms with Crippen molar-refractivity contribution in [2.45, 2.75) is 13.8 Å². The Morgan fingerprint density at radius 2 is 2.22 bits per heavy atom. The molecule has 0 aromatic carbocycles. The van der Waals surface area contributed by atoms with E-state index in [1.807, 2.05) is 33.2 Å². The Labute approximate surface area is 56.7 Å². The highest BCUT2D eigenvalue weighted by atomic mass is 14.8. The number of hydrogen-bond donors (Lipinski definition) is 1. The Kier molecular flexibility index (Phi) is 5.12. The molecule has 0 saturated carbocycles. The normalized spacial score (nSPS) is 10.1. The van der Waals surface area contributed by atoms with Crippen LogP contribution in [0.4, 0.5) is 0 Å². The van der Waals surface area contributed by atoms with Crippen LogP contribution in [0.25, 0.3) is 0 Å². The van der Waals surface area contributed by atoms with Gasteiger partial charge in [-0.15, -0.1) is 0 Å². The van der Waals surface area contributed by atoms with E-state index >= 15 is 0 Å². The first-order valence-electron chi connectivity index (χ1n) is 3.08. The lowest BCUT2D eigenvalue weighted by Gasteiger charge is -1.85. The second kappa shape index (κ2) is 5.51. The van der Waals surface area contributed by atoms with Crippen LogP contribution in [0.3, 0.4) is 0 Å². The zero-order chi connectivity index (χ0) is 7.11. The molecule has 0 atom stereocenters. The summed E-state index contributed by atoms with van der Waals surface area (Å²) in [5.41, 5.74) is 1.09. The second-order valence-electron chi connectivity index (χ2n) is 2.02. The van der Waals surface area contributed by atoms with Gasteiger partial charge in [0.1, 0.15) is 0 Å². The Morgan fingerprint density at radius 3 is 2.67 bits per heavy atom. The van der Waals surface area contributed by atoms with Crippen molar-refractivity contribution in [3.63, 3.8) is 0 Å². The highest BCUT2D eigenvalue weighted by molar-refractivity contribution is 5.79. The van der Waals surface area contributed by atoms with Crippen LogP contribution in [-0.2, 0) is 0 Å². The predicted molar refractivity (Wildman–Crippen MR) is 41.8 cm³/mol. The molecule has 0 unspecified atom stereocenters. The third kappa shape index (κ3) is 7.37. The molecule has 0 aliphatic carbocycles. The minimum atomic E-state index is 0.886. The van der Waals surface area contributed by atoms with Gasteiger partial charge in [-0.05, 0) is 20.9 Å². The largest absolute Gasteiger partial charge is 0.316 e. The summed E-state index contributed by atoms with van der Waals surface area (Å²) in [5, 5.41) is 2.99. The maximum absolute atomic E-state index is 4.06. The van der Waals surface area contributed by atoms with Crippen LogP contribution in [0, 0.1) is 0 Å². The molecule has 0 aliphatic heterocycles. The molecular weight excluding hydrogens is 112 g/mol. The van der Waals surface area contributed by atoms with Gasteiger partial charge in [-0.1, -0.05) is 6.08 Å². The first-order chi connectivity index (χ1) is 4.27. The fourth-order valence-electron chi connectivity index (χ4n) is 0.372. The zero-order valence-electron chi connectivity index (χ0n) is 6.31. The topological polar surface area (TPSA) is 24.4 Å². The molecule has 0 fully saturated rings. The molecule has 1 N–H and O–H groups in total. The maximum atomic E-state index is 4.06. The van der Waals surface area contributed by atoms with Gasteiger partial charge in [0.05, 0.1) is 0 Å². The van der Waals surface area contributed by atoms with E-state index in [4.69, 9.17) is 0 Å². The zero-order valence-corrected chi connectivity index (χ0v) is 6.31. The lowest BCUT2D eigenvalue weighted by molar-refractivity contribution is 0.918. The SMILES string of the molecule is CNC/C=C\N=C(C)C. The van der Waals surface area contributed by atoms with Gasteiger partial charge >= 0.3 is 0 Å². The van der Waals surface area contributed by atoms with Crippen molar-refractivity contribution in [2.24, 2.45) is 4.99 Å². The van der Waals surface area contributed by atoms with Gasteiger partial charge in [-0.3, -0.25) is 4.99 Å². The molecule has 0 aliphatic rings. The molecule has 0 saturated heterocycles. The van der Waals surface area contributed by atoms with E-state index < -0.39 is 0 Å². The predicted octanol–water partition coefficient (Wildman–Crippen LogP) is 1.20. The number of nitrogens with zero attached hydrogens (tertiary/aromatic N) is 1. The summed E-state index contributed by atoms with van der Waals surface area (Å²) in [5.74, 6) is 0. The highest BCUT2D eigenvalue weighted by Crippen LogP contribution is 1.76. The number of nitrogens with one attached hydrogen (secondary N) is 1. The Balaban J connectivity index is 3.35. The van der Waals surface area contributed by atoms with Crippen LogP contribution in [-0.4, -0.2) is 19.3 Å². The lowest BCUT2D eigenvalue weighted by Crippen LogP contribution is -2.03. The van der Waals surface area contributed by atoms with Gasteiger partial charge < -0.3 is 5.32 Å². The quantitative estimate of drug-likeness (QED) is 0.564. The Bertz CT molecular complexity index is 110. The fraction of sp³-hybridized carbons (Fsp3) is 0.571. The fourth-order valence-corrected chi connectivity index (χ4v) is 0.372. The average Bonchev–Trinajstić information content (AvgIpc) is 1.80. The van der Waals surface area contributed by atoms with E-state index in [1.54, 1.807) is 0 Å². The maximum Gasteiger partial charge on any atom is 0.0239 e. The molecule has 0 bridgehead atoms. The molecule has 9 heavy (non-hydrogen) atoms. The van der Waals surface area contributed by atoms with Crippen LogP contribution in [0.15, 0.2) is 17.3 Å². The molecule has 52 valence electrons. The summed E-state index contributed by atoms with van der Waals surface area (Å²) in [6.07, 6.45) is 3.79. The summed E-state index contributed by atoms with van der Waals surface area (Å²) in [7, 11) is 1.91. The minimum Gasteiger partial charge on any atom is -0.316 e. The lowest BCUT2D eigenvalue weighted by atomic mass is 10.5. The monoisotopic (exact) mass is 126 g/mol. The van der Waals surface area contributed by atoms with E-state index in [0.717, 1.165) is 12.3 Å². The summed E-state index contributed by atoms with van der Waals surface area (Å²) < 4.78 is 0. The van der Waals surface area contributed by atoms with Crippen LogP contribution in [0.2, 0.25) is 0 Å². The molecule has 0 radical (unpaired) electrons. The van der Waals surface area contributed by atoms with Crippen LogP contribution in [0.1, 0.15) is 13.8 Å². The summed E-state index contributed by atoms with van der Waals surface area (Å²) in [6.45, 7) is 4.84. The molecule has 0 amide bonds. The Morgan fingerprint density at radius 1 is 1.56 bits per heavy atom. The van der Waals surface area contributed by atoms with E-state index in [1.165, 1.54) is 0 Å². The van der Waals surface area contributed by atoms with Crippen LogP contribution < -0.4 is 5.32 Å². The Hall–Kier alpha value is -0.630. The molecule has 0 rings (SSSR count). The van der Waals surface area contributed by atoms with E-state index in [2.05, 4.69) is 10.3 Å². The third-order valence-corrected chi connectivity index (χ3v) is 0.760. The van der Waals surface area contributed by atoms with Gasteiger partial charge in [0.25, 0.3) is 0 Å². The average molecular weight is 126 g/mol. The van der Waals surface area contributed by atoms with E-state index in [0.29, 0.717) is 0 Å². The van der Waals surface area contributed by atoms with Crippen molar-refractivity contribution in [2.75, 3.05) is 13.6 Å². The van der Waals surface area contributed by atoms with Crippen molar-refractivity contribution >= 4 is 5.71 Å². The molecule has 0 heterocycles. The second-order valence-corrected chi connectivity index (χ2v) is 2.02. The van der Waals surface area contributed by atoms with E-state index in [-0.39, 0.29) is 0 Å². The molecule has 2 heteroatoms. The van der Waals surface area contributed by atoms with Crippen molar-refractivity contribution in [3.8, 4) is 0 Å². The van der Waals surface area contributed by atoms with Crippen molar-refractivity contribution in [1.82, 2.24) is 5.32 Å². The summed E-state index contributed by atoms with van der Waals surface area (Å²) in [6, 6.07) is 0. The summed E-state index contributed by atoms with van der Waals surface area (Å²) >= 11 is 0. The molecule has 0 aromatic heterocycles. The van der Waals surface area contributed by atoms with Gasteiger partial charge in [0.15, 0.2) is 0 Å². The molecule has 0 spiro atoms. The third-order valence-electron chi connectivity index (χ3n) is 0.760. The molecule has 0 aromatic rings. The highest BCUT2D eigenvalue weighted by Gasteiger charge is 1.70. The first-order valence-corrected chi connectivity index (χ1v) is 3.08. The van der Waals surface area contributed by atoms with Crippen LogP contribution in [0.5, 0.6) is 0 Å². The van der Waals surface area contributed by atoms with E-state index in [9.17, 15) is 0 Å². The van der Waals surface area contributed by atoms with Crippen molar-refractivity contribution in [1.29, 1.82) is 0 Å². The molecular formula is C7H14N2. The first kappa shape index (κ1) is 8.37. The van der Waals surface area contributed by atoms with Gasteiger partial charge in [0, 0.05) is 18.5 Å². The minimum absolute atomic E-state index is 0.886. The standard InChI is InChI=1S/C7H14N2/c1-7(2)9-6-4-5-8-3/h4,6,8H,5H2,1-3H3/b6-4-. The van der Waals surface area contributed by atoms with Gasteiger partial charge in [0.2, 0.25) is 0 Å². The smallest absolute Gasteiger partial charge is 0.0239 e. The van der Waals surface area contributed by atoms with Crippen LogP contribution >= 0.6 is 0 Å². The number of hydrogen-bond acceptors (Lipinski definition) is 2. The van der Waals surface area contributed by atoms with Crippen molar-refractivity contribution < 1.29 is 0 Å². The number of aliphatic imine (C=N–C) groups is 1.